The Balaban J connectivity index is 0.983. The van der Waals surface area contributed by atoms with Gasteiger partial charge in [0, 0.05) is 0 Å². The smallest absolute Gasteiger partial charge is 0.314 e. The third kappa shape index (κ3) is 10.4. The molecule has 5 heterocycles. The van der Waals surface area contributed by atoms with Crippen LogP contribution in [0.1, 0.15) is 71.6 Å². The average Bonchev–Trinajstić information content (AvgIpc) is 3.85. The predicted molar refractivity (Wildman–Crippen MR) is 252 cm³/mol. The highest BCUT2D eigenvalue weighted by atomic mass is 16.8. The van der Waals surface area contributed by atoms with Crippen LogP contribution in [0.3, 0.4) is 0 Å². The molecule has 17 N–H and O–H groups in total. The van der Waals surface area contributed by atoms with Crippen LogP contribution in [0.25, 0.3) is 0 Å². The SMILES string of the molecule is C=C1C[C@@]23CC[C@H]4[C@@](C)(CCC[C@@]4(C)C(=O)O[C@@H]4OC(CO)[C@@H](O)[C@H](O)C4O)[C@@H]2CC[C@]1(O[C@@H]1OC(CO)[C@@H](O)[C@H](O[C@@H]2OC(CO)[C@@H](O)[C@H](O)C2O)C1O[C@@H]1OC(CO[C@@H]2OC(CO)[C@@H](O)[C@H](O)C2O)[C@@H](O)[C@H](O)C1O)C3. The minimum Gasteiger partial charge on any atom is -0.432 e. The van der Waals surface area contributed by atoms with Gasteiger partial charge in [-0.15, -0.1) is 0 Å². The van der Waals surface area contributed by atoms with Crippen LogP contribution < -0.4 is 0 Å². The molecule has 31 atom stereocenters. The first-order valence-electron chi connectivity index (χ1n) is 26.9. The monoisotopic (exact) mass is 1130 g/mol. The van der Waals surface area contributed by atoms with E-state index in [2.05, 4.69) is 13.5 Å². The van der Waals surface area contributed by atoms with Crippen LogP contribution in [0, 0.1) is 28.1 Å². The van der Waals surface area contributed by atoms with Gasteiger partial charge in [-0.25, -0.2) is 0 Å². The molecule has 2 bridgehead atoms. The lowest BCUT2D eigenvalue weighted by Crippen LogP contribution is -2.68. The Hall–Kier alpha value is -1.83. The summed E-state index contributed by atoms with van der Waals surface area (Å²) in [6.45, 7) is 4.51. The maximum Gasteiger partial charge on any atom is 0.314 e. The van der Waals surface area contributed by atoms with E-state index < -0.39 is 214 Å². The van der Waals surface area contributed by atoms with E-state index in [0.717, 1.165) is 6.42 Å². The molecule has 1 spiro atoms. The molecule has 9 rings (SSSR count). The molecule has 5 aliphatic heterocycles. The molecule has 4 saturated carbocycles. The molecule has 0 aromatic carbocycles. The standard InChI is InChI=1S/C50H80O28/c1-18-11-49-9-5-24-47(2,7-4-8-48(24,3)46(68)77-44-38(67)33(62)28(57)21(14-53)72-44)25(49)6-10-50(18,17-49)78-45-40(39(30(59)22(15-54)73-45)75-42-36(65)32(61)27(56)20(13-52)71-42)76-43-37(66)34(63)29(58)23(74-43)16-69-41-35(64)31(60)26(55)19(12-51)70-41/h19-45,51-67H,1,4-17H2,2-3H3/t19?,20?,21?,22?,23?,24-,25-,26+,27+,28+,29+,30+,31-,32-,33-,34-,35?,36?,37?,38?,39-,40?,41+,42-,43-,44-,45-,47+,48+,49+,50-/m0/s1. The molecule has 448 valence electrons. The first kappa shape index (κ1) is 60.8. The second kappa shape index (κ2) is 23.3. The van der Waals surface area contributed by atoms with Crippen LogP contribution >= 0.6 is 0 Å². The zero-order valence-electron chi connectivity index (χ0n) is 43.3. The first-order valence-corrected chi connectivity index (χ1v) is 26.9. The Bertz CT molecular complexity index is 2070. The highest BCUT2D eigenvalue weighted by Gasteiger charge is 2.70. The molecule has 28 heteroatoms. The number of aliphatic hydroxyl groups excluding tert-OH is 17. The number of carbonyl (C=O) groups is 1. The number of ether oxygens (including phenoxy) is 10. The van der Waals surface area contributed by atoms with Gasteiger partial charge < -0.3 is 134 Å². The zero-order valence-corrected chi connectivity index (χ0v) is 43.3. The van der Waals surface area contributed by atoms with Crippen molar-refractivity contribution in [3.05, 3.63) is 12.2 Å². The van der Waals surface area contributed by atoms with Crippen molar-refractivity contribution in [1.82, 2.24) is 0 Å². The van der Waals surface area contributed by atoms with E-state index in [1.54, 1.807) is 0 Å². The molecule has 10 unspecified atom stereocenters. The third-order valence-corrected chi connectivity index (χ3v) is 19.2. The zero-order chi connectivity index (χ0) is 56.7. The van der Waals surface area contributed by atoms with Crippen LogP contribution in [-0.4, -0.2) is 285 Å². The van der Waals surface area contributed by atoms with Crippen molar-refractivity contribution in [1.29, 1.82) is 0 Å². The topological polar surface area (TPSA) is 453 Å². The second-order valence-electron chi connectivity index (χ2n) is 23.7. The number of hydrogen-bond donors (Lipinski definition) is 17. The van der Waals surface area contributed by atoms with Crippen molar-refractivity contribution in [3.63, 3.8) is 0 Å². The van der Waals surface area contributed by atoms with Crippen molar-refractivity contribution in [3.8, 4) is 0 Å². The summed E-state index contributed by atoms with van der Waals surface area (Å²) in [7, 11) is 0. The molecule has 0 radical (unpaired) electrons. The van der Waals surface area contributed by atoms with Crippen LogP contribution in [0.2, 0.25) is 0 Å². The van der Waals surface area contributed by atoms with E-state index in [-0.39, 0.29) is 11.8 Å². The molecular weight excluding hydrogens is 1050 g/mol. The van der Waals surface area contributed by atoms with Gasteiger partial charge >= 0.3 is 5.97 Å². The first-order chi connectivity index (χ1) is 36.8. The normalized spacial score (nSPS) is 54.5. The third-order valence-electron chi connectivity index (χ3n) is 19.2. The Kier molecular flexibility index (Phi) is 18.2. The largest absolute Gasteiger partial charge is 0.432 e. The van der Waals surface area contributed by atoms with Crippen LogP contribution in [0.4, 0.5) is 0 Å². The average molecular weight is 1130 g/mol. The number of aliphatic hydroxyl groups is 17. The van der Waals surface area contributed by atoms with Crippen molar-refractivity contribution in [2.45, 2.75) is 231 Å². The van der Waals surface area contributed by atoms with E-state index in [4.69, 9.17) is 47.4 Å². The lowest BCUT2D eigenvalue weighted by atomic mass is 9.41. The number of rotatable bonds is 15. The Morgan fingerprint density at radius 1 is 0.513 bits per heavy atom. The number of fused-ring (bicyclic) bond motifs is 3. The predicted octanol–water partition coefficient (Wildman–Crippen LogP) is -7.29. The van der Waals surface area contributed by atoms with Gasteiger partial charge in [-0.05, 0) is 86.5 Å². The fourth-order valence-corrected chi connectivity index (χ4v) is 14.9. The Morgan fingerprint density at radius 2 is 0.962 bits per heavy atom. The summed E-state index contributed by atoms with van der Waals surface area (Å²) >= 11 is 0. The summed E-state index contributed by atoms with van der Waals surface area (Å²) in [5, 5.41) is 181. The molecule has 9 fully saturated rings. The summed E-state index contributed by atoms with van der Waals surface area (Å²) in [5.41, 5.74) is -2.64. The van der Waals surface area contributed by atoms with Crippen molar-refractivity contribution < 1.29 is 139 Å². The maximum absolute atomic E-state index is 14.4. The van der Waals surface area contributed by atoms with Crippen LogP contribution in [-0.2, 0) is 52.2 Å². The van der Waals surface area contributed by atoms with Gasteiger partial charge in [0.25, 0.3) is 0 Å². The van der Waals surface area contributed by atoms with Crippen molar-refractivity contribution >= 4 is 5.97 Å². The van der Waals surface area contributed by atoms with Gasteiger partial charge in [-0.3, -0.25) is 4.79 Å². The minimum atomic E-state index is -2.10. The summed E-state index contributed by atoms with van der Waals surface area (Å²) in [6, 6.07) is 0. The van der Waals surface area contributed by atoms with Gasteiger partial charge in [-0.2, -0.15) is 0 Å². The molecule has 4 aliphatic carbocycles. The van der Waals surface area contributed by atoms with Crippen molar-refractivity contribution in [2.75, 3.05) is 33.0 Å². The molecule has 0 aromatic heterocycles. The van der Waals surface area contributed by atoms with E-state index in [0.29, 0.717) is 56.9 Å². The molecule has 28 nitrogen and oxygen atoms in total. The molecular formula is C50H80O28. The quantitative estimate of drug-likeness (QED) is 0.0411. The molecule has 5 saturated heterocycles. The second-order valence-corrected chi connectivity index (χ2v) is 23.7. The lowest BCUT2D eigenvalue weighted by Gasteiger charge is -2.64. The highest BCUT2D eigenvalue weighted by Crippen LogP contribution is 2.74. The summed E-state index contributed by atoms with van der Waals surface area (Å²) in [6.07, 6.45) is -40.0. The fraction of sp³-hybridized carbons (Fsp3) is 0.940. The molecule has 0 aromatic rings. The van der Waals surface area contributed by atoms with E-state index in [1.165, 1.54) is 0 Å². The number of esters is 1. The minimum absolute atomic E-state index is 0.0335. The van der Waals surface area contributed by atoms with Gasteiger partial charge in [0.1, 0.15) is 122 Å². The number of hydrogen-bond acceptors (Lipinski definition) is 28. The summed E-state index contributed by atoms with van der Waals surface area (Å²) < 4.78 is 59.9. The lowest BCUT2D eigenvalue weighted by molar-refractivity contribution is -0.401. The van der Waals surface area contributed by atoms with E-state index in [9.17, 15) is 91.6 Å². The number of carbonyl (C=O) groups excluding carboxylic acids is 1. The van der Waals surface area contributed by atoms with Gasteiger partial charge in [0.05, 0.1) is 44.1 Å². The highest BCUT2D eigenvalue weighted by molar-refractivity contribution is 5.77. The van der Waals surface area contributed by atoms with Gasteiger partial charge in [-0.1, -0.05) is 19.9 Å². The Labute approximate surface area is 448 Å². The van der Waals surface area contributed by atoms with Crippen molar-refractivity contribution in [2.24, 2.45) is 28.1 Å². The maximum atomic E-state index is 14.4. The molecule has 0 amide bonds. The van der Waals surface area contributed by atoms with Crippen LogP contribution in [0.5, 0.6) is 0 Å². The summed E-state index contributed by atoms with van der Waals surface area (Å²) in [5.74, 6) is -0.942. The summed E-state index contributed by atoms with van der Waals surface area (Å²) in [4.78, 5) is 14.4. The Morgan fingerprint density at radius 3 is 1.53 bits per heavy atom. The van der Waals surface area contributed by atoms with Gasteiger partial charge in [0.2, 0.25) is 6.29 Å². The molecule has 9 aliphatic rings. The van der Waals surface area contributed by atoms with E-state index >= 15 is 0 Å². The fourth-order valence-electron chi connectivity index (χ4n) is 14.9. The van der Waals surface area contributed by atoms with E-state index in [1.807, 2.05) is 6.92 Å². The van der Waals surface area contributed by atoms with Gasteiger partial charge in [0.15, 0.2) is 25.2 Å². The van der Waals surface area contributed by atoms with Crippen LogP contribution in [0.15, 0.2) is 12.2 Å². The molecule has 78 heavy (non-hydrogen) atoms.